The monoisotopic (exact) mass is 348 g/mol. The SMILES string of the molecule is O=C(NCC#CCOc1ccc(F)cc1F)NCc1ccc(F)cc1. The molecule has 2 amide bonds. The van der Waals surface area contributed by atoms with Crippen LogP contribution < -0.4 is 15.4 Å². The Hall–Kier alpha value is -3.14. The van der Waals surface area contributed by atoms with Gasteiger partial charge in [-0.05, 0) is 29.8 Å². The summed E-state index contributed by atoms with van der Waals surface area (Å²) < 4.78 is 43.8. The fourth-order valence-corrected chi connectivity index (χ4v) is 1.79. The van der Waals surface area contributed by atoms with E-state index in [4.69, 9.17) is 4.74 Å². The zero-order valence-electron chi connectivity index (χ0n) is 13.1. The van der Waals surface area contributed by atoms with E-state index in [1.54, 1.807) is 12.1 Å². The number of amides is 2. The summed E-state index contributed by atoms with van der Waals surface area (Å²) in [4.78, 5) is 11.5. The number of urea groups is 1. The van der Waals surface area contributed by atoms with E-state index in [0.717, 1.165) is 17.7 Å². The molecule has 0 atom stereocenters. The van der Waals surface area contributed by atoms with Gasteiger partial charge >= 0.3 is 6.03 Å². The van der Waals surface area contributed by atoms with E-state index in [9.17, 15) is 18.0 Å². The number of halogens is 3. The quantitative estimate of drug-likeness (QED) is 0.816. The van der Waals surface area contributed by atoms with Gasteiger partial charge in [-0.2, -0.15) is 0 Å². The Labute approximate surface area is 143 Å². The third-order valence-electron chi connectivity index (χ3n) is 3.02. The van der Waals surface area contributed by atoms with Crippen LogP contribution in [0.25, 0.3) is 0 Å². The lowest BCUT2D eigenvalue weighted by molar-refractivity contribution is 0.241. The van der Waals surface area contributed by atoms with Crippen LogP contribution in [0.3, 0.4) is 0 Å². The number of carbonyl (C=O) groups is 1. The van der Waals surface area contributed by atoms with Gasteiger partial charge < -0.3 is 15.4 Å². The van der Waals surface area contributed by atoms with Gasteiger partial charge in [0.1, 0.15) is 18.2 Å². The van der Waals surface area contributed by atoms with Crippen molar-refractivity contribution in [3.63, 3.8) is 0 Å². The zero-order valence-corrected chi connectivity index (χ0v) is 13.1. The largest absolute Gasteiger partial charge is 0.478 e. The van der Waals surface area contributed by atoms with Crippen LogP contribution in [-0.4, -0.2) is 19.2 Å². The summed E-state index contributed by atoms with van der Waals surface area (Å²) in [6, 6.07) is 8.31. The first-order valence-corrected chi connectivity index (χ1v) is 7.34. The van der Waals surface area contributed by atoms with Crippen molar-refractivity contribution in [1.82, 2.24) is 10.6 Å². The Morgan fingerprint density at radius 2 is 1.68 bits per heavy atom. The predicted molar refractivity (Wildman–Crippen MR) is 86.3 cm³/mol. The lowest BCUT2D eigenvalue weighted by Crippen LogP contribution is -2.35. The van der Waals surface area contributed by atoms with Crippen LogP contribution in [0.4, 0.5) is 18.0 Å². The van der Waals surface area contributed by atoms with E-state index in [0.29, 0.717) is 0 Å². The minimum Gasteiger partial charge on any atom is -0.478 e. The van der Waals surface area contributed by atoms with Gasteiger partial charge in [-0.15, -0.1) is 0 Å². The van der Waals surface area contributed by atoms with Crippen LogP contribution in [0.2, 0.25) is 0 Å². The minimum atomic E-state index is -0.805. The van der Waals surface area contributed by atoms with Crippen molar-refractivity contribution in [3.05, 3.63) is 65.5 Å². The number of hydrogen-bond donors (Lipinski definition) is 2. The standard InChI is InChI=1S/C18H15F3N2O2/c19-14-5-3-13(4-6-14)12-23-18(24)22-9-1-2-10-25-17-8-7-15(20)11-16(17)21/h3-8,11H,9-10,12H2,(H2,22,23,24). The lowest BCUT2D eigenvalue weighted by Gasteiger charge is -2.05. The van der Waals surface area contributed by atoms with Crippen LogP contribution in [0.5, 0.6) is 5.75 Å². The second-order valence-electron chi connectivity index (χ2n) is 4.88. The summed E-state index contributed by atoms with van der Waals surface area (Å²) in [6.07, 6.45) is 0. The van der Waals surface area contributed by atoms with Crippen molar-refractivity contribution in [2.45, 2.75) is 6.54 Å². The second-order valence-corrected chi connectivity index (χ2v) is 4.88. The van der Waals surface area contributed by atoms with E-state index in [1.165, 1.54) is 18.2 Å². The minimum absolute atomic E-state index is 0.0739. The van der Waals surface area contributed by atoms with Gasteiger partial charge in [-0.25, -0.2) is 18.0 Å². The molecule has 0 radical (unpaired) electrons. The van der Waals surface area contributed by atoms with Crippen LogP contribution in [0.1, 0.15) is 5.56 Å². The maximum absolute atomic E-state index is 13.3. The summed E-state index contributed by atoms with van der Waals surface area (Å²) in [6.45, 7) is 0.235. The lowest BCUT2D eigenvalue weighted by atomic mass is 10.2. The number of benzene rings is 2. The van der Waals surface area contributed by atoms with Gasteiger partial charge in [0, 0.05) is 12.6 Å². The van der Waals surface area contributed by atoms with Crippen molar-refractivity contribution in [2.75, 3.05) is 13.2 Å². The molecule has 0 saturated heterocycles. The Bertz CT molecular complexity index is 783. The third kappa shape index (κ3) is 6.47. The first kappa shape index (κ1) is 18.2. The van der Waals surface area contributed by atoms with Gasteiger partial charge in [0.05, 0.1) is 6.54 Å². The summed E-state index contributed by atoms with van der Waals surface area (Å²) in [5, 5.41) is 5.10. The smallest absolute Gasteiger partial charge is 0.315 e. The van der Waals surface area contributed by atoms with Gasteiger partial charge in [0.15, 0.2) is 11.6 Å². The highest BCUT2D eigenvalue weighted by molar-refractivity contribution is 5.74. The second kappa shape index (κ2) is 9.23. The molecule has 7 heteroatoms. The number of rotatable bonds is 5. The molecule has 4 nitrogen and oxygen atoms in total. The molecule has 0 heterocycles. The molecule has 0 saturated carbocycles. The maximum atomic E-state index is 13.3. The predicted octanol–water partition coefficient (Wildman–Crippen LogP) is 2.99. The van der Waals surface area contributed by atoms with Gasteiger partial charge in [0.25, 0.3) is 0 Å². The number of ether oxygens (including phenoxy) is 1. The topological polar surface area (TPSA) is 50.4 Å². The number of carbonyl (C=O) groups excluding carboxylic acids is 1. The van der Waals surface area contributed by atoms with Crippen LogP contribution in [-0.2, 0) is 6.54 Å². The van der Waals surface area contributed by atoms with Crippen molar-refractivity contribution in [3.8, 4) is 17.6 Å². The Kier molecular flexibility index (Phi) is 6.72. The van der Waals surface area contributed by atoms with E-state index in [2.05, 4.69) is 22.5 Å². The summed E-state index contributed by atoms with van der Waals surface area (Å²) in [5.41, 5.74) is 0.761. The fourth-order valence-electron chi connectivity index (χ4n) is 1.79. The first-order chi connectivity index (χ1) is 12.0. The molecule has 2 aromatic rings. The van der Waals surface area contributed by atoms with E-state index < -0.39 is 17.7 Å². The molecule has 0 spiro atoms. The van der Waals surface area contributed by atoms with E-state index in [1.807, 2.05) is 0 Å². The van der Waals surface area contributed by atoms with Gasteiger partial charge in [-0.1, -0.05) is 24.0 Å². The van der Waals surface area contributed by atoms with Gasteiger partial charge in [0.2, 0.25) is 0 Å². The molecule has 0 aliphatic carbocycles. The molecule has 25 heavy (non-hydrogen) atoms. The molecule has 0 aliphatic heterocycles. The highest BCUT2D eigenvalue weighted by atomic mass is 19.1. The third-order valence-corrected chi connectivity index (χ3v) is 3.02. The highest BCUT2D eigenvalue weighted by Gasteiger charge is 2.03. The summed E-state index contributed by atoms with van der Waals surface area (Å²) >= 11 is 0. The zero-order chi connectivity index (χ0) is 18.1. The molecule has 130 valence electrons. The average Bonchev–Trinajstić information content (AvgIpc) is 2.59. The van der Waals surface area contributed by atoms with Crippen molar-refractivity contribution >= 4 is 6.03 Å². The maximum Gasteiger partial charge on any atom is 0.315 e. The van der Waals surface area contributed by atoms with Crippen LogP contribution in [0.15, 0.2) is 42.5 Å². The summed E-state index contributed by atoms with van der Waals surface area (Å²) in [5.74, 6) is 3.29. The van der Waals surface area contributed by atoms with Crippen LogP contribution >= 0.6 is 0 Å². The molecule has 2 rings (SSSR count). The molecule has 0 aliphatic rings. The number of hydrogen-bond acceptors (Lipinski definition) is 2. The Balaban J connectivity index is 1.64. The fraction of sp³-hybridized carbons (Fsp3) is 0.167. The van der Waals surface area contributed by atoms with Gasteiger partial charge in [-0.3, -0.25) is 0 Å². The van der Waals surface area contributed by atoms with Crippen molar-refractivity contribution in [1.29, 1.82) is 0 Å². The normalized spacial score (nSPS) is 9.72. The molecule has 0 aromatic heterocycles. The van der Waals surface area contributed by atoms with Crippen molar-refractivity contribution < 1.29 is 22.7 Å². The van der Waals surface area contributed by atoms with E-state index >= 15 is 0 Å². The molecular weight excluding hydrogens is 333 g/mol. The Morgan fingerprint density at radius 1 is 0.960 bits per heavy atom. The highest BCUT2D eigenvalue weighted by Crippen LogP contribution is 2.17. The molecule has 0 bridgehead atoms. The number of nitrogens with one attached hydrogen (secondary N) is 2. The van der Waals surface area contributed by atoms with E-state index in [-0.39, 0.29) is 31.3 Å². The molecule has 0 unspecified atom stereocenters. The Morgan fingerprint density at radius 3 is 2.40 bits per heavy atom. The summed E-state index contributed by atoms with van der Waals surface area (Å²) in [7, 11) is 0. The van der Waals surface area contributed by atoms with Crippen LogP contribution in [0, 0.1) is 29.3 Å². The molecule has 2 aromatic carbocycles. The molecular formula is C18H15F3N2O2. The molecule has 0 fully saturated rings. The first-order valence-electron chi connectivity index (χ1n) is 7.34. The molecule has 2 N–H and O–H groups in total. The average molecular weight is 348 g/mol. The van der Waals surface area contributed by atoms with Crippen molar-refractivity contribution in [2.24, 2.45) is 0 Å².